The van der Waals surface area contributed by atoms with Crippen molar-refractivity contribution in [1.29, 1.82) is 0 Å². The van der Waals surface area contributed by atoms with Crippen molar-refractivity contribution in [3.63, 3.8) is 0 Å². The number of aliphatic hydroxyl groups is 1. The van der Waals surface area contributed by atoms with Gasteiger partial charge in [0.05, 0.1) is 6.10 Å². The van der Waals surface area contributed by atoms with E-state index in [-0.39, 0.29) is 5.91 Å². The van der Waals surface area contributed by atoms with Crippen LogP contribution < -0.4 is 10.6 Å². The summed E-state index contributed by atoms with van der Waals surface area (Å²) in [4.78, 5) is 20.4. The molecular weight excluding hydrogens is 384 g/mol. The zero-order chi connectivity index (χ0) is 20.5. The molecule has 0 saturated carbocycles. The molecule has 6 nitrogen and oxygen atoms in total. The van der Waals surface area contributed by atoms with Crippen LogP contribution in [0.15, 0.2) is 46.8 Å². The zero-order valence-corrected chi connectivity index (χ0v) is 17.8. The lowest BCUT2D eigenvalue weighted by Crippen LogP contribution is -2.41. The fourth-order valence-electron chi connectivity index (χ4n) is 3.39. The number of amides is 1. The molecule has 0 aliphatic carbocycles. The molecule has 0 bridgehead atoms. The fourth-order valence-corrected chi connectivity index (χ4v) is 4.28. The molecular formula is C22H30N4O2S. The quantitative estimate of drug-likeness (QED) is 0.459. The molecule has 1 aromatic carbocycles. The van der Waals surface area contributed by atoms with Crippen LogP contribution in [0.3, 0.4) is 0 Å². The Labute approximate surface area is 176 Å². The third-order valence-electron chi connectivity index (χ3n) is 4.99. The molecule has 0 radical (unpaired) electrons. The minimum atomic E-state index is -0.523. The first-order chi connectivity index (χ1) is 14.2. The molecule has 1 amide bonds. The van der Waals surface area contributed by atoms with Gasteiger partial charge >= 0.3 is 0 Å². The van der Waals surface area contributed by atoms with E-state index in [4.69, 9.17) is 0 Å². The van der Waals surface area contributed by atoms with E-state index in [1.54, 1.807) is 11.3 Å². The molecule has 29 heavy (non-hydrogen) atoms. The number of rotatable bonds is 8. The maximum atomic E-state index is 12.5. The number of fused-ring (bicyclic) bond motifs is 1. The first-order valence-electron chi connectivity index (χ1n) is 10.3. The predicted molar refractivity (Wildman–Crippen MR) is 118 cm³/mol. The van der Waals surface area contributed by atoms with Crippen LogP contribution in [0.25, 0.3) is 0 Å². The molecule has 0 spiro atoms. The molecule has 0 fully saturated rings. The number of aliphatic imine (C=N–C) groups is 1. The second-order valence-electron chi connectivity index (χ2n) is 7.09. The molecule has 7 heteroatoms. The van der Waals surface area contributed by atoms with E-state index in [2.05, 4.69) is 27.1 Å². The van der Waals surface area contributed by atoms with Crippen molar-refractivity contribution in [3.05, 3.63) is 57.8 Å². The minimum absolute atomic E-state index is 0.171. The lowest BCUT2D eigenvalue weighted by atomic mass is 10.1. The van der Waals surface area contributed by atoms with Crippen LogP contribution in [0, 0.1) is 0 Å². The molecule has 2 heterocycles. The summed E-state index contributed by atoms with van der Waals surface area (Å²) < 4.78 is 0. The Morgan fingerprint density at radius 2 is 2.10 bits per heavy atom. The van der Waals surface area contributed by atoms with Crippen LogP contribution in [-0.2, 0) is 17.8 Å². The molecule has 1 aromatic heterocycles. The maximum Gasteiger partial charge on any atom is 0.224 e. The van der Waals surface area contributed by atoms with E-state index in [1.807, 2.05) is 42.2 Å². The predicted octanol–water partition coefficient (Wildman–Crippen LogP) is 2.70. The number of nitrogens with one attached hydrogen (secondary N) is 2. The van der Waals surface area contributed by atoms with Crippen molar-refractivity contribution in [2.75, 3.05) is 26.2 Å². The summed E-state index contributed by atoms with van der Waals surface area (Å²) in [6, 6.07) is 11.7. The first kappa shape index (κ1) is 21.3. The van der Waals surface area contributed by atoms with Crippen LogP contribution in [0.4, 0.5) is 0 Å². The largest absolute Gasteiger partial charge is 0.388 e. The van der Waals surface area contributed by atoms with E-state index in [9.17, 15) is 9.90 Å². The number of thiophene rings is 1. The molecule has 1 aliphatic rings. The number of hydrogen-bond acceptors (Lipinski definition) is 4. The van der Waals surface area contributed by atoms with Crippen LogP contribution in [0.5, 0.6) is 0 Å². The summed E-state index contributed by atoms with van der Waals surface area (Å²) in [5.74, 6) is 0.851. The number of hydrogen-bond donors (Lipinski definition) is 3. The summed E-state index contributed by atoms with van der Waals surface area (Å²) in [6.45, 7) is 5.33. The molecule has 1 aliphatic heterocycles. The molecule has 3 rings (SSSR count). The van der Waals surface area contributed by atoms with E-state index >= 15 is 0 Å². The summed E-state index contributed by atoms with van der Waals surface area (Å²) in [5, 5.41) is 18.8. The Bertz CT molecular complexity index is 806. The average Bonchev–Trinajstić information content (AvgIpc) is 3.22. The third-order valence-corrected chi connectivity index (χ3v) is 6.02. The lowest BCUT2D eigenvalue weighted by Gasteiger charge is -2.27. The van der Waals surface area contributed by atoms with Gasteiger partial charge in [0.2, 0.25) is 5.91 Å². The van der Waals surface area contributed by atoms with Gasteiger partial charge in [-0.3, -0.25) is 9.79 Å². The van der Waals surface area contributed by atoms with Gasteiger partial charge in [-0.05, 0) is 42.3 Å². The van der Waals surface area contributed by atoms with Crippen LogP contribution in [0.1, 0.15) is 41.9 Å². The molecule has 1 unspecified atom stereocenters. The summed E-state index contributed by atoms with van der Waals surface area (Å²) in [5.41, 5.74) is 2.19. The third kappa shape index (κ3) is 6.30. The van der Waals surface area contributed by atoms with Crippen molar-refractivity contribution >= 4 is 23.2 Å². The van der Waals surface area contributed by atoms with Gasteiger partial charge in [-0.1, -0.05) is 30.3 Å². The normalized spacial score (nSPS) is 15.0. The summed E-state index contributed by atoms with van der Waals surface area (Å²) in [7, 11) is 0. The average molecular weight is 415 g/mol. The van der Waals surface area contributed by atoms with Gasteiger partial charge in [0.15, 0.2) is 5.96 Å². The minimum Gasteiger partial charge on any atom is -0.388 e. The van der Waals surface area contributed by atoms with Gasteiger partial charge in [0.1, 0.15) is 0 Å². The molecule has 3 N–H and O–H groups in total. The van der Waals surface area contributed by atoms with E-state index in [0.29, 0.717) is 31.9 Å². The Kier molecular flexibility index (Phi) is 8.07. The van der Waals surface area contributed by atoms with Crippen molar-refractivity contribution in [1.82, 2.24) is 15.5 Å². The SMILES string of the molecule is CCNC(=NCCC(O)c1ccccc1)NCCC(=O)N1CCc2sccc2C1. The van der Waals surface area contributed by atoms with Crippen molar-refractivity contribution < 1.29 is 9.90 Å². The molecule has 0 saturated heterocycles. The van der Waals surface area contributed by atoms with Gasteiger partial charge in [-0.15, -0.1) is 11.3 Å². The van der Waals surface area contributed by atoms with Gasteiger partial charge in [0.25, 0.3) is 0 Å². The van der Waals surface area contributed by atoms with E-state index in [1.165, 1.54) is 10.4 Å². The highest BCUT2D eigenvalue weighted by atomic mass is 32.1. The smallest absolute Gasteiger partial charge is 0.224 e. The van der Waals surface area contributed by atoms with Gasteiger partial charge in [0, 0.05) is 44.0 Å². The monoisotopic (exact) mass is 414 g/mol. The van der Waals surface area contributed by atoms with Gasteiger partial charge < -0.3 is 20.6 Å². The number of benzene rings is 1. The molecule has 156 valence electrons. The zero-order valence-electron chi connectivity index (χ0n) is 16.9. The Hall–Kier alpha value is -2.38. The number of carbonyl (C=O) groups excluding carboxylic acids is 1. The number of nitrogens with zero attached hydrogens (tertiary/aromatic N) is 2. The van der Waals surface area contributed by atoms with Gasteiger partial charge in [-0.2, -0.15) is 0 Å². The second-order valence-corrected chi connectivity index (χ2v) is 8.09. The molecule has 1 atom stereocenters. The van der Waals surface area contributed by atoms with E-state index < -0.39 is 6.10 Å². The molecule has 2 aromatic rings. The summed E-state index contributed by atoms with van der Waals surface area (Å²) in [6.07, 6.45) is 1.43. The van der Waals surface area contributed by atoms with Gasteiger partial charge in [-0.25, -0.2) is 0 Å². The highest BCUT2D eigenvalue weighted by Gasteiger charge is 2.21. The highest BCUT2D eigenvalue weighted by molar-refractivity contribution is 7.10. The maximum absolute atomic E-state index is 12.5. The standard InChI is InChI=1S/C22H30N4O2S/c1-2-23-22(24-12-8-19(27)17-6-4-3-5-7-17)25-13-9-21(28)26-14-10-20-18(16-26)11-15-29-20/h3-7,11,15,19,27H,2,8-10,12-14,16H2,1H3,(H2,23,24,25). The number of carbonyl (C=O) groups is 1. The van der Waals surface area contributed by atoms with Crippen LogP contribution in [-0.4, -0.2) is 48.1 Å². The van der Waals surface area contributed by atoms with E-state index in [0.717, 1.165) is 31.6 Å². The number of guanidine groups is 1. The highest BCUT2D eigenvalue weighted by Crippen LogP contribution is 2.24. The van der Waals surface area contributed by atoms with Crippen molar-refractivity contribution in [3.8, 4) is 0 Å². The number of aliphatic hydroxyl groups excluding tert-OH is 1. The second kappa shape index (κ2) is 11.0. The Morgan fingerprint density at radius 3 is 2.90 bits per heavy atom. The van der Waals surface area contributed by atoms with Crippen LogP contribution >= 0.6 is 11.3 Å². The summed E-state index contributed by atoms with van der Waals surface area (Å²) >= 11 is 1.78. The Balaban J connectivity index is 1.42. The fraction of sp³-hybridized carbons (Fsp3) is 0.455. The Morgan fingerprint density at radius 1 is 1.28 bits per heavy atom. The van der Waals surface area contributed by atoms with Crippen LogP contribution in [0.2, 0.25) is 0 Å². The topological polar surface area (TPSA) is 77.0 Å². The van der Waals surface area contributed by atoms with Crippen molar-refractivity contribution in [2.45, 2.75) is 38.8 Å². The first-order valence-corrected chi connectivity index (χ1v) is 11.1. The van der Waals surface area contributed by atoms with Crippen molar-refractivity contribution in [2.24, 2.45) is 4.99 Å². The lowest BCUT2D eigenvalue weighted by molar-refractivity contribution is -0.131.